The van der Waals surface area contributed by atoms with Gasteiger partial charge in [-0.3, -0.25) is 9.79 Å². The lowest BCUT2D eigenvalue weighted by Crippen LogP contribution is -2.40. The monoisotopic (exact) mass is 571 g/mol. The predicted molar refractivity (Wildman–Crippen MR) is 137 cm³/mol. The van der Waals surface area contributed by atoms with Crippen LogP contribution in [0.5, 0.6) is 0 Å². The molecule has 164 valence electrons. The number of carbonyl (C=O) groups excluding carboxylic acids is 1. The van der Waals surface area contributed by atoms with Gasteiger partial charge in [-0.15, -0.1) is 0 Å². The highest BCUT2D eigenvalue weighted by Crippen LogP contribution is 2.38. The fourth-order valence-electron chi connectivity index (χ4n) is 3.98. The van der Waals surface area contributed by atoms with Crippen molar-refractivity contribution in [3.63, 3.8) is 0 Å². The highest BCUT2D eigenvalue weighted by molar-refractivity contribution is 14.1. The van der Waals surface area contributed by atoms with Crippen LogP contribution in [0, 0.1) is 0 Å². The zero-order valence-corrected chi connectivity index (χ0v) is 20.7. The Morgan fingerprint density at radius 1 is 1.19 bits per heavy atom. The normalized spacial score (nSPS) is 15.1. The Morgan fingerprint density at radius 2 is 1.94 bits per heavy atom. The van der Waals surface area contributed by atoms with Gasteiger partial charge in [-0.2, -0.15) is 0 Å². The summed E-state index contributed by atoms with van der Waals surface area (Å²) in [6, 6.07) is 12.6. The van der Waals surface area contributed by atoms with Crippen LogP contribution in [0.25, 0.3) is 10.9 Å². The summed E-state index contributed by atoms with van der Waals surface area (Å²) < 4.78 is 0. The fraction of sp³-hybridized carbons (Fsp3) is 0.273. The Balaban J connectivity index is 0.00000132. The number of alkyl halides is 1. The summed E-state index contributed by atoms with van der Waals surface area (Å²) in [6.07, 6.45) is 1.33. The SMILES string of the molecule is CI.NC(N)=NCCC1c2[nH]c3ccc(Cl)cc3c2CCN1C(=O)c1cccc(Cl)c1. The molecule has 1 amide bonds. The Kier molecular flexibility index (Phi) is 8.07. The lowest BCUT2D eigenvalue weighted by Gasteiger charge is -2.36. The maximum absolute atomic E-state index is 13.3. The summed E-state index contributed by atoms with van der Waals surface area (Å²) >= 11 is 14.5. The Morgan fingerprint density at radius 3 is 2.65 bits per heavy atom. The summed E-state index contributed by atoms with van der Waals surface area (Å²) in [4.78, 5) is 24.7. The number of fused-ring (bicyclic) bond motifs is 3. The van der Waals surface area contributed by atoms with Crippen molar-refractivity contribution in [2.24, 2.45) is 16.5 Å². The molecule has 5 N–H and O–H groups in total. The van der Waals surface area contributed by atoms with Gasteiger partial charge in [-0.1, -0.05) is 51.9 Å². The van der Waals surface area contributed by atoms with Gasteiger partial charge in [-0.05, 0) is 59.7 Å². The molecular weight excluding hydrogens is 548 g/mol. The maximum Gasteiger partial charge on any atom is 0.254 e. The van der Waals surface area contributed by atoms with E-state index in [2.05, 4.69) is 32.6 Å². The molecule has 0 saturated heterocycles. The first-order valence-electron chi connectivity index (χ1n) is 9.74. The minimum atomic E-state index is -0.181. The number of nitrogens with two attached hydrogens (primary N) is 2. The summed E-state index contributed by atoms with van der Waals surface area (Å²) in [5.41, 5.74) is 14.7. The molecule has 2 heterocycles. The molecule has 4 rings (SSSR count). The Labute approximate surface area is 205 Å². The standard InChI is InChI=1S/C21H21Cl2N5O.CH3I/c22-13-3-1-2-12(10-13)20(29)28-9-7-15-16-11-14(23)4-5-17(16)27-19(15)18(28)6-8-26-21(24)25;1-2/h1-5,10-11,18,27H,6-9H2,(H4,24,25,26);1H3. The quantitative estimate of drug-likeness (QED) is 0.179. The summed E-state index contributed by atoms with van der Waals surface area (Å²) in [6.45, 7) is 1.01. The van der Waals surface area contributed by atoms with E-state index in [1.54, 1.807) is 24.3 Å². The molecule has 1 atom stereocenters. The number of benzene rings is 2. The molecule has 1 aliphatic heterocycles. The summed E-state index contributed by atoms with van der Waals surface area (Å²) in [5.74, 6) is -0.0262. The second-order valence-corrected chi connectivity index (χ2v) is 7.95. The van der Waals surface area contributed by atoms with E-state index in [-0.39, 0.29) is 17.9 Å². The van der Waals surface area contributed by atoms with Gasteiger partial charge >= 0.3 is 0 Å². The van der Waals surface area contributed by atoms with Crippen molar-refractivity contribution in [3.05, 3.63) is 69.3 Å². The number of aromatic nitrogens is 1. The number of amides is 1. The van der Waals surface area contributed by atoms with Gasteiger partial charge in [0.05, 0.1) is 6.04 Å². The van der Waals surface area contributed by atoms with Gasteiger partial charge in [0.1, 0.15) is 0 Å². The Hall–Kier alpha value is -1.97. The molecule has 0 saturated carbocycles. The van der Waals surface area contributed by atoms with E-state index in [0.717, 1.165) is 23.0 Å². The number of guanidine groups is 1. The predicted octanol–water partition coefficient (Wildman–Crippen LogP) is 4.93. The van der Waals surface area contributed by atoms with Crippen LogP contribution in [-0.4, -0.2) is 39.8 Å². The number of hydrogen-bond donors (Lipinski definition) is 3. The van der Waals surface area contributed by atoms with E-state index in [1.807, 2.05) is 28.0 Å². The van der Waals surface area contributed by atoms with Crippen molar-refractivity contribution in [2.75, 3.05) is 18.0 Å². The van der Waals surface area contributed by atoms with Crippen molar-refractivity contribution in [1.82, 2.24) is 9.88 Å². The molecule has 0 bridgehead atoms. The van der Waals surface area contributed by atoms with Crippen LogP contribution in [0.15, 0.2) is 47.5 Å². The van der Waals surface area contributed by atoms with E-state index in [1.165, 1.54) is 5.56 Å². The fourth-order valence-corrected chi connectivity index (χ4v) is 4.35. The first-order chi connectivity index (χ1) is 14.9. The zero-order valence-electron chi connectivity index (χ0n) is 17.0. The molecule has 9 heteroatoms. The maximum atomic E-state index is 13.3. The van der Waals surface area contributed by atoms with Crippen molar-refractivity contribution >= 4 is 68.6 Å². The topological polar surface area (TPSA) is 100 Å². The molecule has 1 unspecified atom stereocenters. The Bertz CT molecular complexity index is 1110. The highest BCUT2D eigenvalue weighted by atomic mass is 127. The van der Waals surface area contributed by atoms with Crippen molar-refractivity contribution in [2.45, 2.75) is 18.9 Å². The average Bonchev–Trinajstić information content (AvgIpc) is 3.13. The van der Waals surface area contributed by atoms with Gasteiger partial charge in [0.15, 0.2) is 5.96 Å². The third-order valence-electron chi connectivity index (χ3n) is 5.24. The number of carbonyl (C=O) groups is 1. The molecule has 0 fully saturated rings. The third kappa shape index (κ3) is 5.27. The van der Waals surface area contributed by atoms with Gasteiger partial charge in [0.25, 0.3) is 5.91 Å². The van der Waals surface area contributed by atoms with E-state index < -0.39 is 0 Å². The summed E-state index contributed by atoms with van der Waals surface area (Å²) in [7, 11) is 0. The van der Waals surface area contributed by atoms with E-state index in [0.29, 0.717) is 35.1 Å². The number of rotatable bonds is 4. The zero-order chi connectivity index (χ0) is 22.5. The van der Waals surface area contributed by atoms with Crippen LogP contribution in [0.3, 0.4) is 0 Å². The molecular formula is C22H24Cl2IN5O. The number of halogens is 3. The number of nitrogens with one attached hydrogen (secondary N) is 1. The largest absolute Gasteiger partial charge is 0.370 e. The summed E-state index contributed by atoms with van der Waals surface area (Å²) in [5, 5.41) is 2.31. The van der Waals surface area contributed by atoms with Gasteiger partial charge < -0.3 is 21.4 Å². The minimum absolute atomic E-state index is 0.0391. The second-order valence-electron chi connectivity index (χ2n) is 7.08. The second kappa shape index (κ2) is 10.6. The first kappa shape index (κ1) is 23.7. The number of aliphatic imine (C=N–C) groups is 1. The molecule has 0 radical (unpaired) electrons. The number of hydrogen-bond acceptors (Lipinski definition) is 2. The van der Waals surface area contributed by atoms with E-state index in [9.17, 15) is 4.79 Å². The van der Waals surface area contributed by atoms with Gasteiger partial charge in [-0.25, -0.2) is 0 Å². The minimum Gasteiger partial charge on any atom is -0.370 e. The van der Waals surface area contributed by atoms with Gasteiger partial charge in [0.2, 0.25) is 0 Å². The van der Waals surface area contributed by atoms with E-state index in [4.69, 9.17) is 34.7 Å². The van der Waals surface area contributed by atoms with Crippen LogP contribution in [-0.2, 0) is 6.42 Å². The van der Waals surface area contributed by atoms with Crippen LogP contribution >= 0.6 is 45.8 Å². The number of aromatic amines is 1. The molecule has 6 nitrogen and oxygen atoms in total. The van der Waals surface area contributed by atoms with Crippen LogP contribution in [0.2, 0.25) is 10.0 Å². The highest BCUT2D eigenvalue weighted by Gasteiger charge is 2.33. The molecule has 1 aromatic heterocycles. The van der Waals surface area contributed by atoms with Crippen molar-refractivity contribution in [1.29, 1.82) is 0 Å². The van der Waals surface area contributed by atoms with E-state index >= 15 is 0 Å². The molecule has 3 aromatic rings. The average molecular weight is 572 g/mol. The molecule has 1 aliphatic rings. The third-order valence-corrected chi connectivity index (χ3v) is 5.71. The van der Waals surface area contributed by atoms with Gasteiger partial charge in [0, 0.05) is 45.3 Å². The number of nitrogens with zero attached hydrogens (tertiary/aromatic N) is 2. The van der Waals surface area contributed by atoms with Crippen molar-refractivity contribution in [3.8, 4) is 0 Å². The lowest BCUT2D eigenvalue weighted by atomic mass is 9.94. The lowest BCUT2D eigenvalue weighted by molar-refractivity contribution is 0.0649. The molecule has 31 heavy (non-hydrogen) atoms. The molecule has 0 spiro atoms. The van der Waals surface area contributed by atoms with Crippen molar-refractivity contribution < 1.29 is 4.79 Å². The molecule has 0 aliphatic carbocycles. The smallest absolute Gasteiger partial charge is 0.254 e. The number of H-pyrrole nitrogens is 1. The molecule has 2 aromatic carbocycles. The van der Waals surface area contributed by atoms with Crippen LogP contribution < -0.4 is 11.5 Å². The van der Waals surface area contributed by atoms with Crippen LogP contribution in [0.1, 0.15) is 34.1 Å². The van der Waals surface area contributed by atoms with Crippen LogP contribution in [0.4, 0.5) is 0 Å². The first-order valence-corrected chi connectivity index (χ1v) is 12.6.